The Bertz CT molecular complexity index is 1010. The largest absolute Gasteiger partial charge is 0.508 e. The highest BCUT2D eigenvalue weighted by atomic mass is 19.1. The molecule has 3 rings (SSSR count). The maximum Gasteiger partial charge on any atom is 0.200 e. The van der Waals surface area contributed by atoms with Crippen LogP contribution in [-0.4, -0.2) is 11.4 Å². The van der Waals surface area contributed by atoms with E-state index in [4.69, 9.17) is 4.42 Å². The van der Waals surface area contributed by atoms with Crippen molar-refractivity contribution in [3.05, 3.63) is 69.4 Å². The summed E-state index contributed by atoms with van der Waals surface area (Å²) in [5.41, 5.74) is 0.945. The van der Waals surface area contributed by atoms with Crippen LogP contribution >= 0.6 is 0 Å². The summed E-state index contributed by atoms with van der Waals surface area (Å²) in [4.78, 5) is 24.0. The van der Waals surface area contributed by atoms with E-state index in [-0.39, 0.29) is 29.1 Å². The van der Waals surface area contributed by atoms with E-state index in [0.29, 0.717) is 34.2 Å². The van der Waals surface area contributed by atoms with Crippen LogP contribution in [0.1, 0.15) is 37.5 Å². The molecule has 0 unspecified atom stereocenters. The lowest BCUT2D eigenvalue weighted by molar-refractivity contribution is -0.105. The molecule has 0 amide bonds. The normalized spacial score (nSPS) is 14.8. The lowest BCUT2D eigenvalue weighted by atomic mass is 9.96. The predicted octanol–water partition coefficient (Wildman–Crippen LogP) is 4.39. The van der Waals surface area contributed by atoms with Gasteiger partial charge < -0.3 is 9.52 Å². The van der Waals surface area contributed by atoms with Crippen LogP contribution < -0.4 is 5.43 Å². The van der Waals surface area contributed by atoms with Gasteiger partial charge in [-0.15, -0.1) is 0 Å². The molecule has 1 aromatic heterocycles. The van der Waals surface area contributed by atoms with Crippen molar-refractivity contribution in [1.29, 1.82) is 0 Å². The molecule has 0 bridgehead atoms. The van der Waals surface area contributed by atoms with E-state index < -0.39 is 5.83 Å². The molecule has 1 N–H and O–H groups in total. The van der Waals surface area contributed by atoms with E-state index in [2.05, 4.69) is 0 Å². The quantitative estimate of drug-likeness (QED) is 0.842. The second-order valence-electron chi connectivity index (χ2n) is 6.19. The highest BCUT2D eigenvalue weighted by molar-refractivity contribution is 5.87. The summed E-state index contributed by atoms with van der Waals surface area (Å²) in [6.07, 6.45) is 4.90. The standard InChI is InChI=1S/C20H17FO4/c1-11(2)20-18(12-3-4-13(10-22)16(21)8-5-12)19(24)15-7-6-14(23)9-17(15)25-20/h3,5-11,23H,4H2,1-2H3. The van der Waals surface area contributed by atoms with Crippen molar-refractivity contribution < 1.29 is 18.7 Å². The van der Waals surface area contributed by atoms with Crippen LogP contribution in [0.4, 0.5) is 4.39 Å². The molecule has 1 aliphatic rings. The van der Waals surface area contributed by atoms with Crippen LogP contribution in [0.3, 0.4) is 0 Å². The average molecular weight is 340 g/mol. The molecule has 0 atom stereocenters. The number of phenols is 1. The molecule has 0 aliphatic heterocycles. The zero-order valence-electron chi connectivity index (χ0n) is 13.9. The first kappa shape index (κ1) is 16.9. The highest BCUT2D eigenvalue weighted by Gasteiger charge is 2.20. The van der Waals surface area contributed by atoms with Gasteiger partial charge in [-0.1, -0.05) is 26.0 Å². The Morgan fingerprint density at radius 3 is 2.72 bits per heavy atom. The molecule has 1 heterocycles. The van der Waals surface area contributed by atoms with Crippen molar-refractivity contribution in [2.75, 3.05) is 0 Å². The molecule has 0 radical (unpaired) electrons. The van der Waals surface area contributed by atoms with E-state index in [1.807, 2.05) is 13.8 Å². The number of allylic oxidation sites excluding steroid dienone is 6. The second kappa shape index (κ2) is 6.51. The first-order chi connectivity index (χ1) is 11.9. The number of aromatic hydroxyl groups is 1. The fraction of sp³-hybridized carbons (Fsp3) is 0.200. The Morgan fingerprint density at radius 2 is 2.04 bits per heavy atom. The molecule has 0 spiro atoms. The Morgan fingerprint density at radius 1 is 1.28 bits per heavy atom. The molecule has 4 nitrogen and oxygen atoms in total. The van der Waals surface area contributed by atoms with Crippen LogP contribution in [0.25, 0.3) is 16.5 Å². The fourth-order valence-corrected chi connectivity index (χ4v) is 2.82. The van der Waals surface area contributed by atoms with Gasteiger partial charge in [-0.05, 0) is 30.2 Å². The van der Waals surface area contributed by atoms with Crippen molar-refractivity contribution in [2.24, 2.45) is 0 Å². The van der Waals surface area contributed by atoms with Gasteiger partial charge in [-0.25, -0.2) is 4.39 Å². The molecule has 2 aromatic rings. The summed E-state index contributed by atoms with van der Waals surface area (Å²) in [5.74, 6) is -0.250. The van der Waals surface area contributed by atoms with Crippen LogP contribution in [-0.2, 0) is 4.79 Å². The number of fused-ring (bicyclic) bond motifs is 1. The molecule has 0 saturated carbocycles. The average Bonchev–Trinajstić information content (AvgIpc) is 2.75. The number of carbonyl (C=O) groups excluding carboxylic acids is 1. The van der Waals surface area contributed by atoms with Crippen LogP contribution in [0.15, 0.2) is 57.0 Å². The summed E-state index contributed by atoms with van der Waals surface area (Å²) in [6.45, 7) is 3.76. The molecule has 0 fully saturated rings. The molecule has 5 heteroatoms. The third kappa shape index (κ3) is 3.05. The Labute approximate surface area is 143 Å². The number of halogens is 1. The molecular weight excluding hydrogens is 323 g/mol. The summed E-state index contributed by atoms with van der Waals surface area (Å²) >= 11 is 0. The van der Waals surface area contributed by atoms with E-state index >= 15 is 0 Å². The van der Waals surface area contributed by atoms with E-state index in [0.717, 1.165) is 0 Å². The summed E-state index contributed by atoms with van der Waals surface area (Å²) in [7, 11) is 0. The molecule has 1 aliphatic carbocycles. The van der Waals surface area contributed by atoms with Crippen molar-refractivity contribution in [3.63, 3.8) is 0 Å². The zero-order valence-corrected chi connectivity index (χ0v) is 13.9. The van der Waals surface area contributed by atoms with Gasteiger partial charge in [0.05, 0.1) is 10.9 Å². The van der Waals surface area contributed by atoms with Gasteiger partial charge in [0.2, 0.25) is 5.43 Å². The number of hydrogen-bond acceptors (Lipinski definition) is 4. The Hall–Kier alpha value is -2.95. The number of phenolic OH excluding ortho intramolecular Hbond substituents is 1. The topological polar surface area (TPSA) is 67.5 Å². The van der Waals surface area contributed by atoms with E-state index in [9.17, 15) is 19.1 Å². The zero-order chi connectivity index (χ0) is 18.1. The molecule has 128 valence electrons. The molecule has 1 aromatic carbocycles. The van der Waals surface area contributed by atoms with Crippen LogP contribution in [0, 0.1) is 0 Å². The second-order valence-corrected chi connectivity index (χ2v) is 6.19. The van der Waals surface area contributed by atoms with Gasteiger partial charge in [0, 0.05) is 17.6 Å². The lowest BCUT2D eigenvalue weighted by Crippen LogP contribution is -2.13. The Kier molecular flexibility index (Phi) is 4.40. The minimum absolute atomic E-state index is 0.00794. The third-order valence-electron chi connectivity index (χ3n) is 4.12. The van der Waals surface area contributed by atoms with Gasteiger partial charge in [0.15, 0.2) is 0 Å². The minimum atomic E-state index is -0.609. The van der Waals surface area contributed by atoms with Crippen molar-refractivity contribution >= 4 is 22.8 Å². The first-order valence-electron chi connectivity index (χ1n) is 7.94. The molecular formula is C20H17FO4. The maximum absolute atomic E-state index is 13.9. The number of benzene rings is 1. The van der Waals surface area contributed by atoms with Crippen molar-refractivity contribution in [1.82, 2.24) is 0 Å². The Balaban J connectivity index is 2.27. The third-order valence-corrected chi connectivity index (χ3v) is 4.12. The minimum Gasteiger partial charge on any atom is -0.508 e. The smallest absolute Gasteiger partial charge is 0.200 e. The molecule has 0 saturated heterocycles. The summed E-state index contributed by atoms with van der Waals surface area (Å²) in [5, 5.41) is 9.96. The van der Waals surface area contributed by atoms with E-state index in [1.165, 1.54) is 30.4 Å². The van der Waals surface area contributed by atoms with Gasteiger partial charge in [-0.3, -0.25) is 9.59 Å². The van der Waals surface area contributed by atoms with Crippen molar-refractivity contribution in [2.45, 2.75) is 26.2 Å². The van der Waals surface area contributed by atoms with Gasteiger partial charge in [-0.2, -0.15) is 0 Å². The fourth-order valence-electron chi connectivity index (χ4n) is 2.82. The van der Waals surface area contributed by atoms with Crippen molar-refractivity contribution in [3.8, 4) is 5.75 Å². The number of carbonyl (C=O) groups is 1. The monoisotopic (exact) mass is 340 g/mol. The SMILES string of the molecule is CC(C)c1oc2cc(O)ccc2c(=O)c1C1=CCC(C=O)=C(F)C=C1. The first-order valence-corrected chi connectivity index (χ1v) is 7.94. The van der Waals surface area contributed by atoms with Gasteiger partial charge >= 0.3 is 0 Å². The van der Waals surface area contributed by atoms with Gasteiger partial charge in [0.1, 0.15) is 29.2 Å². The van der Waals surface area contributed by atoms with E-state index in [1.54, 1.807) is 6.08 Å². The summed E-state index contributed by atoms with van der Waals surface area (Å²) in [6, 6.07) is 4.32. The van der Waals surface area contributed by atoms with Crippen LogP contribution in [0.2, 0.25) is 0 Å². The summed E-state index contributed by atoms with van der Waals surface area (Å²) < 4.78 is 19.7. The molecule has 25 heavy (non-hydrogen) atoms. The highest BCUT2D eigenvalue weighted by Crippen LogP contribution is 2.31. The predicted molar refractivity (Wildman–Crippen MR) is 94.2 cm³/mol. The lowest BCUT2D eigenvalue weighted by Gasteiger charge is -2.13. The number of rotatable bonds is 3. The maximum atomic E-state index is 13.9. The number of aldehydes is 1. The number of hydrogen-bond donors (Lipinski definition) is 1. The van der Waals surface area contributed by atoms with Crippen LogP contribution in [0.5, 0.6) is 5.75 Å². The van der Waals surface area contributed by atoms with Gasteiger partial charge in [0.25, 0.3) is 0 Å².